The second-order valence-electron chi connectivity index (χ2n) is 5.22. The van der Waals surface area contributed by atoms with Crippen molar-refractivity contribution in [2.75, 3.05) is 19.0 Å². The van der Waals surface area contributed by atoms with Crippen LogP contribution in [-0.4, -0.2) is 19.6 Å². The van der Waals surface area contributed by atoms with Crippen LogP contribution >= 0.6 is 24.0 Å². The van der Waals surface area contributed by atoms with Gasteiger partial charge in [0, 0.05) is 24.9 Å². The molecule has 4 nitrogen and oxygen atoms in total. The molecule has 3 N–H and O–H groups in total. The molecule has 0 spiro atoms. The minimum absolute atomic E-state index is 0. The van der Waals surface area contributed by atoms with Crippen LogP contribution in [0, 0.1) is 6.92 Å². The third kappa shape index (κ3) is 6.58. The zero-order valence-corrected chi connectivity index (χ0v) is 15.9. The van der Waals surface area contributed by atoms with Gasteiger partial charge < -0.3 is 15.8 Å². The lowest BCUT2D eigenvalue weighted by atomic mass is 10.1. The average molecular weight is 425 g/mol. The Morgan fingerprint density at radius 2 is 1.83 bits per heavy atom. The Labute approximate surface area is 155 Å². The summed E-state index contributed by atoms with van der Waals surface area (Å²) >= 11 is 0. The van der Waals surface area contributed by atoms with E-state index in [-0.39, 0.29) is 24.0 Å². The number of nitrogens with zero attached hydrogens (tertiary/aromatic N) is 1. The number of anilines is 1. The summed E-state index contributed by atoms with van der Waals surface area (Å²) in [6.07, 6.45) is 0.877. The summed E-state index contributed by atoms with van der Waals surface area (Å²) in [6.45, 7) is 3.29. The molecular formula is C18H24IN3O. The fourth-order valence-corrected chi connectivity index (χ4v) is 2.16. The number of rotatable bonds is 6. The summed E-state index contributed by atoms with van der Waals surface area (Å²) in [4.78, 5) is 4.38. The van der Waals surface area contributed by atoms with Crippen LogP contribution in [0.1, 0.15) is 16.7 Å². The van der Waals surface area contributed by atoms with Gasteiger partial charge in [-0.25, -0.2) is 0 Å². The van der Waals surface area contributed by atoms with Crippen LogP contribution in [0.25, 0.3) is 0 Å². The molecule has 0 aliphatic rings. The van der Waals surface area contributed by atoms with Crippen LogP contribution in [0.4, 0.5) is 5.69 Å². The zero-order chi connectivity index (χ0) is 15.8. The first-order valence-corrected chi connectivity index (χ1v) is 7.38. The summed E-state index contributed by atoms with van der Waals surface area (Å²) < 4.78 is 5.18. The highest BCUT2D eigenvalue weighted by atomic mass is 127. The zero-order valence-electron chi connectivity index (χ0n) is 13.6. The molecule has 124 valence electrons. The van der Waals surface area contributed by atoms with E-state index in [4.69, 9.17) is 10.5 Å². The topological polar surface area (TPSA) is 59.6 Å². The molecule has 23 heavy (non-hydrogen) atoms. The first kappa shape index (κ1) is 19.4. The van der Waals surface area contributed by atoms with Gasteiger partial charge >= 0.3 is 0 Å². The lowest BCUT2D eigenvalue weighted by molar-refractivity contribution is 0.185. The van der Waals surface area contributed by atoms with E-state index in [1.165, 1.54) is 11.1 Å². The summed E-state index contributed by atoms with van der Waals surface area (Å²) in [5.74, 6) is 0.427. The van der Waals surface area contributed by atoms with Gasteiger partial charge in [0.1, 0.15) is 0 Å². The van der Waals surface area contributed by atoms with Gasteiger partial charge in [-0.2, -0.15) is 0 Å². The average Bonchev–Trinajstić information content (AvgIpc) is 2.51. The minimum Gasteiger partial charge on any atom is -0.380 e. The molecule has 0 amide bonds. The Kier molecular flexibility index (Phi) is 8.65. The Hall–Kier alpha value is -1.60. The predicted molar refractivity (Wildman–Crippen MR) is 108 cm³/mol. The van der Waals surface area contributed by atoms with Crippen LogP contribution < -0.4 is 11.1 Å². The highest BCUT2D eigenvalue weighted by Crippen LogP contribution is 2.15. The van der Waals surface area contributed by atoms with E-state index in [0.717, 1.165) is 17.7 Å². The maximum absolute atomic E-state index is 5.96. The number of ether oxygens (including phenoxy) is 1. The smallest absolute Gasteiger partial charge is 0.193 e. The van der Waals surface area contributed by atoms with E-state index in [1.54, 1.807) is 7.11 Å². The number of hydrogen-bond donors (Lipinski definition) is 2. The highest BCUT2D eigenvalue weighted by molar-refractivity contribution is 14.0. The molecule has 0 aliphatic carbocycles. The van der Waals surface area contributed by atoms with E-state index < -0.39 is 0 Å². The Bertz CT molecular complexity index is 626. The third-order valence-electron chi connectivity index (χ3n) is 3.38. The van der Waals surface area contributed by atoms with Crippen LogP contribution in [0.5, 0.6) is 0 Å². The van der Waals surface area contributed by atoms with Crippen LogP contribution in [-0.2, 0) is 17.8 Å². The fourth-order valence-electron chi connectivity index (χ4n) is 2.16. The number of hydrogen-bond acceptors (Lipinski definition) is 2. The van der Waals surface area contributed by atoms with Crippen molar-refractivity contribution in [1.29, 1.82) is 0 Å². The van der Waals surface area contributed by atoms with E-state index in [1.807, 2.05) is 24.3 Å². The van der Waals surface area contributed by atoms with E-state index in [9.17, 15) is 0 Å². The van der Waals surface area contributed by atoms with E-state index in [0.29, 0.717) is 19.1 Å². The highest BCUT2D eigenvalue weighted by Gasteiger charge is 2.02. The second kappa shape index (κ2) is 10.2. The Morgan fingerprint density at radius 3 is 2.52 bits per heavy atom. The molecule has 2 aromatic rings. The van der Waals surface area contributed by atoms with Crippen LogP contribution in [0.15, 0.2) is 53.5 Å². The summed E-state index contributed by atoms with van der Waals surface area (Å²) in [5, 5.41) is 3.14. The Morgan fingerprint density at radius 1 is 1.13 bits per heavy atom. The Balaban J connectivity index is 0.00000264. The van der Waals surface area contributed by atoms with Crippen molar-refractivity contribution in [3.05, 3.63) is 65.2 Å². The standard InChI is InChI=1S/C18H23N3O.HI/c1-14-7-9-15(10-8-14)11-12-20-18(19)21-17-6-4-3-5-16(17)13-22-2;/h3-10H,11-13H2,1-2H3,(H3,19,20,21);1H. The molecule has 0 aliphatic heterocycles. The van der Waals surface area contributed by atoms with Gasteiger partial charge in [-0.1, -0.05) is 48.0 Å². The maximum Gasteiger partial charge on any atom is 0.193 e. The molecule has 0 aromatic heterocycles. The number of halogens is 1. The van der Waals surface area contributed by atoms with Crippen molar-refractivity contribution in [3.63, 3.8) is 0 Å². The van der Waals surface area contributed by atoms with Gasteiger partial charge in [-0.3, -0.25) is 4.99 Å². The molecule has 0 bridgehead atoms. The number of aliphatic imine (C=N–C) groups is 1. The summed E-state index contributed by atoms with van der Waals surface area (Å²) in [5.41, 5.74) is 10.5. The third-order valence-corrected chi connectivity index (χ3v) is 3.38. The van der Waals surface area contributed by atoms with Crippen LogP contribution in [0.3, 0.4) is 0 Å². The van der Waals surface area contributed by atoms with Crippen molar-refractivity contribution >= 4 is 35.6 Å². The quantitative estimate of drug-likeness (QED) is 0.421. The first-order chi connectivity index (χ1) is 10.7. The van der Waals surface area contributed by atoms with Crippen molar-refractivity contribution in [3.8, 4) is 0 Å². The summed E-state index contributed by atoms with van der Waals surface area (Å²) in [7, 11) is 1.68. The van der Waals surface area contributed by atoms with E-state index >= 15 is 0 Å². The lowest BCUT2D eigenvalue weighted by Crippen LogP contribution is -2.23. The first-order valence-electron chi connectivity index (χ1n) is 7.38. The number of methoxy groups -OCH3 is 1. The van der Waals surface area contributed by atoms with Gasteiger partial charge in [0.05, 0.1) is 6.61 Å². The van der Waals surface area contributed by atoms with Crippen molar-refractivity contribution in [2.24, 2.45) is 10.7 Å². The molecule has 0 saturated carbocycles. The van der Waals surface area contributed by atoms with Crippen molar-refractivity contribution in [2.45, 2.75) is 20.0 Å². The number of para-hydroxylation sites is 1. The van der Waals surface area contributed by atoms with Gasteiger partial charge in [-0.05, 0) is 25.0 Å². The predicted octanol–water partition coefficient (Wildman–Crippen LogP) is 3.73. The molecule has 0 heterocycles. The summed E-state index contributed by atoms with van der Waals surface area (Å²) in [6, 6.07) is 16.4. The fraction of sp³-hybridized carbons (Fsp3) is 0.278. The van der Waals surface area contributed by atoms with Crippen LogP contribution in [0.2, 0.25) is 0 Å². The van der Waals surface area contributed by atoms with Crippen molar-refractivity contribution < 1.29 is 4.74 Å². The molecule has 0 radical (unpaired) electrons. The molecule has 5 heteroatoms. The van der Waals surface area contributed by atoms with E-state index in [2.05, 4.69) is 41.5 Å². The number of guanidine groups is 1. The molecule has 2 aromatic carbocycles. The molecule has 0 unspecified atom stereocenters. The number of aryl methyl sites for hydroxylation is 1. The molecule has 0 fully saturated rings. The number of nitrogens with one attached hydrogen (secondary N) is 1. The number of nitrogens with two attached hydrogens (primary N) is 1. The lowest BCUT2D eigenvalue weighted by Gasteiger charge is -2.10. The normalized spacial score (nSPS) is 11.0. The van der Waals surface area contributed by atoms with Gasteiger partial charge in [0.15, 0.2) is 5.96 Å². The largest absolute Gasteiger partial charge is 0.380 e. The SMILES string of the molecule is COCc1ccccc1NC(N)=NCCc1ccc(C)cc1.I. The second-order valence-corrected chi connectivity index (χ2v) is 5.22. The number of benzene rings is 2. The molecule has 0 saturated heterocycles. The molecule has 2 rings (SSSR count). The van der Waals surface area contributed by atoms with Gasteiger partial charge in [0.2, 0.25) is 0 Å². The molecular weight excluding hydrogens is 401 g/mol. The van der Waals surface area contributed by atoms with Gasteiger partial charge in [-0.15, -0.1) is 24.0 Å². The monoisotopic (exact) mass is 425 g/mol. The maximum atomic E-state index is 5.96. The minimum atomic E-state index is 0. The van der Waals surface area contributed by atoms with Crippen molar-refractivity contribution in [1.82, 2.24) is 0 Å². The molecule has 0 atom stereocenters. The van der Waals surface area contributed by atoms with Gasteiger partial charge in [0.25, 0.3) is 0 Å².